The summed E-state index contributed by atoms with van der Waals surface area (Å²) in [5.41, 5.74) is -1.50. The number of carbonyl (C=O) groups is 1. The van der Waals surface area contributed by atoms with Gasteiger partial charge in [0, 0.05) is 35.5 Å². The zero-order valence-electron chi connectivity index (χ0n) is 13.6. The van der Waals surface area contributed by atoms with Crippen molar-refractivity contribution in [1.82, 2.24) is 0 Å². The maximum Gasteiger partial charge on any atom is 0.416 e. The second kappa shape index (κ2) is 7.98. The van der Waals surface area contributed by atoms with Crippen LogP contribution in [0.2, 0.25) is 0 Å². The molecular weight excluding hydrogens is 371 g/mol. The van der Waals surface area contributed by atoms with Crippen LogP contribution < -0.4 is 5.32 Å². The Morgan fingerprint density at radius 2 is 1.81 bits per heavy atom. The summed E-state index contributed by atoms with van der Waals surface area (Å²) in [6.45, 7) is -0.268. The van der Waals surface area contributed by atoms with Crippen LogP contribution in [0.25, 0.3) is 0 Å². The molecule has 0 aliphatic heterocycles. The number of aliphatic carboxylic acids is 1. The summed E-state index contributed by atoms with van der Waals surface area (Å²) in [5, 5.41) is 19.0. The normalized spacial score (nSPS) is 11.6. The van der Waals surface area contributed by atoms with Gasteiger partial charge in [-0.15, -0.1) is 0 Å². The smallest absolute Gasteiger partial charge is 0.416 e. The molecule has 0 saturated carbocycles. The van der Waals surface area contributed by atoms with Gasteiger partial charge in [0.15, 0.2) is 0 Å². The van der Waals surface area contributed by atoms with Crippen molar-refractivity contribution >= 4 is 17.4 Å². The minimum absolute atomic E-state index is 0.00682. The molecule has 0 aromatic heterocycles. The van der Waals surface area contributed by atoms with Crippen molar-refractivity contribution in [1.29, 1.82) is 5.41 Å². The van der Waals surface area contributed by atoms with Crippen molar-refractivity contribution in [2.75, 3.05) is 5.32 Å². The molecule has 2 aromatic carbocycles. The predicted octanol–water partition coefficient (Wildman–Crippen LogP) is 4.60. The van der Waals surface area contributed by atoms with Gasteiger partial charge in [0.05, 0.1) is 11.3 Å². The third kappa shape index (κ3) is 5.37. The Kier molecular flexibility index (Phi) is 5.94. The van der Waals surface area contributed by atoms with Crippen LogP contribution in [-0.4, -0.2) is 16.8 Å². The molecule has 0 fully saturated rings. The number of rotatable bonds is 6. The first kappa shape index (κ1) is 20.1. The first-order chi connectivity index (χ1) is 12.6. The van der Waals surface area contributed by atoms with Crippen LogP contribution in [0.5, 0.6) is 0 Å². The lowest BCUT2D eigenvalue weighted by Gasteiger charge is -2.15. The summed E-state index contributed by atoms with van der Waals surface area (Å²) in [6, 6.07) is 5.29. The van der Waals surface area contributed by atoms with E-state index in [4.69, 9.17) is 10.5 Å². The maximum absolute atomic E-state index is 13.7. The topological polar surface area (TPSA) is 73.2 Å². The van der Waals surface area contributed by atoms with Crippen molar-refractivity contribution < 1.29 is 31.9 Å². The van der Waals surface area contributed by atoms with Crippen LogP contribution in [0.1, 0.15) is 16.7 Å². The Balaban J connectivity index is 2.37. The lowest BCUT2D eigenvalue weighted by atomic mass is 10.0. The Hall–Kier alpha value is -3.23. The summed E-state index contributed by atoms with van der Waals surface area (Å²) in [7, 11) is 0. The van der Waals surface area contributed by atoms with Crippen molar-refractivity contribution in [2.45, 2.75) is 12.7 Å². The van der Waals surface area contributed by atoms with E-state index in [1.165, 1.54) is 0 Å². The summed E-state index contributed by atoms with van der Waals surface area (Å²) >= 11 is 0. The van der Waals surface area contributed by atoms with Crippen LogP contribution in [0.15, 0.2) is 48.6 Å². The Bertz CT molecular complexity index is 907. The van der Waals surface area contributed by atoms with Gasteiger partial charge in [-0.3, -0.25) is 0 Å². The minimum atomic E-state index is -4.64. The molecule has 0 amide bonds. The molecule has 142 valence electrons. The zero-order chi connectivity index (χ0) is 20.2. The van der Waals surface area contributed by atoms with Crippen LogP contribution in [-0.2, 0) is 17.5 Å². The number of hydrogen-bond acceptors (Lipinski definition) is 3. The second-order valence-electron chi connectivity index (χ2n) is 5.43. The van der Waals surface area contributed by atoms with Gasteiger partial charge in [-0.25, -0.2) is 13.6 Å². The van der Waals surface area contributed by atoms with E-state index in [0.717, 1.165) is 36.4 Å². The molecule has 0 aliphatic carbocycles. The summed E-state index contributed by atoms with van der Waals surface area (Å²) in [5.74, 6) is -3.00. The molecule has 2 aromatic rings. The van der Waals surface area contributed by atoms with E-state index in [1.54, 1.807) is 0 Å². The van der Waals surface area contributed by atoms with Crippen molar-refractivity contribution in [3.8, 4) is 0 Å². The molecule has 3 N–H and O–H groups in total. The quantitative estimate of drug-likeness (QED) is 0.387. The highest BCUT2D eigenvalue weighted by Gasteiger charge is 2.31. The number of anilines is 1. The van der Waals surface area contributed by atoms with Gasteiger partial charge in [-0.2, -0.15) is 13.2 Å². The molecule has 0 heterocycles. The average Bonchev–Trinajstić information content (AvgIpc) is 2.58. The largest absolute Gasteiger partial charge is 0.478 e. The van der Waals surface area contributed by atoms with Crippen molar-refractivity contribution in [3.05, 3.63) is 76.9 Å². The van der Waals surface area contributed by atoms with Crippen molar-refractivity contribution in [3.63, 3.8) is 0 Å². The van der Waals surface area contributed by atoms with Gasteiger partial charge in [0.25, 0.3) is 0 Å². The molecule has 2 rings (SSSR count). The lowest BCUT2D eigenvalue weighted by molar-refractivity contribution is -0.137. The molecule has 0 bridgehead atoms. The Labute approximate surface area is 150 Å². The molecule has 0 spiro atoms. The van der Waals surface area contributed by atoms with Gasteiger partial charge in [-0.05, 0) is 24.3 Å². The molecule has 0 radical (unpaired) electrons. The summed E-state index contributed by atoms with van der Waals surface area (Å²) in [4.78, 5) is 10.6. The highest BCUT2D eigenvalue weighted by atomic mass is 19.4. The van der Waals surface area contributed by atoms with E-state index in [9.17, 15) is 26.7 Å². The first-order valence-corrected chi connectivity index (χ1v) is 7.47. The van der Waals surface area contributed by atoms with Crippen LogP contribution in [0, 0.1) is 17.0 Å². The molecule has 27 heavy (non-hydrogen) atoms. The first-order valence-electron chi connectivity index (χ1n) is 7.47. The maximum atomic E-state index is 13.7. The number of carboxylic acids is 1. The minimum Gasteiger partial charge on any atom is -0.478 e. The fourth-order valence-electron chi connectivity index (χ4n) is 2.20. The highest BCUT2D eigenvalue weighted by Crippen LogP contribution is 2.32. The van der Waals surface area contributed by atoms with Gasteiger partial charge in [0.1, 0.15) is 11.6 Å². The van der Waals surface area contributed by atoms with Gasteiger partial charge in [-0.1, -0.05) is 12.1 Å². The van der Waals surface area contributed by atoms with E-state index in [0.29, 0.717) is 12.1 Å². The Morgan fingerprint density at radius 1 is 1.11 bits per heavy atom. The predicted molar refractivity (Wildman–Crippen MR) is 88.7 cm³/mol. The third-order valence-electron chi connectivity index (χ3n) is 3.51. The number of hydrogen-bond donors (Lipinski definition) is 3. The number of halogens is 5. The zero-order valence-corrected chi connectivity index (χ0v) is 13.6. The number of allylic oxidation sites excluding steroid dienone is 1. The number of benzene rings is 2. The number of carboxylic acid groups (broad SMARTS) is 1. The fraction of sp³-hybridized carbons (Fsp3) is 0.111. The van der Waals surface area contributed by atoms with Gasteiger partial charge < -0.3 is 15.8 Å². The van der Waals surface area contributed by atoms with E-state index in [2.05, 4.69) is 5.32 Å². The van der Waals surface area contributed by atoms with Gasteiger partial charge in [0.2, 0.25) is 0 Å². The van der Waals surface area contributed by atoms with Crippen LogP contribution in [0.4, 0.5) is 27.6 Å². The van der Waals surface area contributed by atoms with Crippen LogP contribution in [0.3, 0.4) is 0 Å². The molecule has 9 heteroatoms. The highest BCUT2D eigenvalue weighted by molar-refractivity contribution is 6.11. The number of nitrogens with one attached hydrogen (secondary N) is 2. The average molecular weight is 384 g/mol. The molecule has 4 nitrogen and oxygen atoms in total. The fourth-order valence-corrected chi connectivity index (χ4v) is 2.20. The second-order valence-corrected chi connectivity index (χ2v) is 5.43. The Morgan fingerprint density at radius 3 is 2.41 bits per heavy atom. The van der Waals surface area contributed by atoms with Gasteiger partial charge >= 0.3 is 12.1 Å². The SMILES string of the molecule is N=C(/C=C/C(=O)O)c1ccc(C(F)(F)F)cc1NCc1ccc(F)cc1F. The third-order valence-corrected chi connectivity index (χ3v) is 3.51. The molecule has 0 atom stereocenters. The molecule has 0 saturated heterocycles. The van der Waals surface area contributed by atoms with Crippen molar-refractivity contribution in [2.24, 2.45) is 0 Å². The lowest BCUT2D eigenvalue weighted by Crippen LogP contribution is -2.11. The number of alkyl halides is 3. The standard InChI is InChI=1S/C18H13F5N2O2/c19-12-3-1-10(14(20)8-12)9-25-16-7-11(18(21,22)23)2-4-13(16)15(24)5-6-17(26)27/h1-8,24-25H,9H2,(H,26,27)/b6-5+,24-15?. The van der Waals surface area contributed by atoms with E-state index in [1.807, 2.05) is 0 Å². The van der Waals surface area contributed by atoms with E-state index >= 15 is 0 Å². The monoisotopic (exact) mass is 384 g/mol. The van der Waals surface area contributed by atoms with E-state index < -0.39 is 29.3 Å². The summed E-state index contributed by atoms with van der Waals surface area (Å²) in [6.07, 6.45) is -3.06. The summed E-state index contributed by atoms with van der Waals surface area (Å²) < 4.78 is 65.5. The van der Waals surface area contributed by atoms with E-state index in [-0.39, 0.29) is 29.1 Å². The molecule has 0 aliphatic rings. The molecular formula is C18H13F5N2O2. The van der Waals surface area contributed by atoms with Crippen LogP contribution >= 0.6 is 0 Å². The molecule has 0 unspecified atom stereocenters.